The van der Waals surface area contributed by atoms with E-state index in [1.807, 2.05) is 6.92 Å². The van der Waals surface area contributed by atoms with Gasteiger partial charge in [0.1, 0.15) is 17.1 Å². The number of carbonyl (C=O) groups excluding carboxylic acids is 1. The molecule has 1 heterocycles. The maximum atomic E-state index is 12.3. The third kappa shape index (κ3) is 5.35. The SMILES string of the molecule is CCOc1ccc2oc(C(=O)N/N=C/c3cc(Br)ccc3OCC(=O)O)cc2c1. The molecule has 0 atom stereocenters. The molecule has 8 nitrogen and oxygen atoms in total. The lowest BCUT2D eigenvalue weighted by molar-refractivity contribution is -0.139. The number of amides is 1. The van der Waals surface area contributed by atoms with Gasteiger partial charge in [-0.15, -0.1) is 0 Å². The Morgan fingerprint density at radius 2 is 2.03 bits per heavy atom. The van der Waals surface area contributed by atoms with E-state index in [4.69, 9.17) is 19.0 Å². The zero-order chi connectivity index (χ0) is 20.8. The molecule has 0 bridgehead atoms. The van der Waals surface area contributed by atoms with Crippen molar-refractivity contribution in [3.05, 3.63) is 58.3 Å². The summed E-state index contributed by atoms with van der Waals surface area (Å²) in [6, 6.07) is 11.9. The summed E-state index contributed by atoms with van der Waals surface area (Å²) in [5.74, 6) is -0.516. The van der Waals surface area contributed by atoms with Crippen molar-refractivity contribution in [1.29, 1.82) is 0 Å². The fourth-order valence-electron chi connectivity index (χ4n) is 2.50. The first-order valence-electron chi connectivity index (χ1n) is 8.60. The van der Waals surface area contributed by atoms with Crippen molar-refractivity contribution < 1.29 is 28.6 Å². The van der Waals surface area contributed by atoms with Gasteiger partial charge in [0.2, 0.25) is 0 Å². The number of ether oxygens (including phenoxy) is 2. The van der Waals surface area contributed by atoms with Gasteiger partial charge in [0.25, 0.3) is 0 Å². The maximum absolute atomic E-state index is 12.3. The lowest BCUT2D eigenvalue weighted by atomic mass is 10.2. The minimum Gasteiger partial charge on any atom is -0.494 e. The highest BCUT2D eigenvalue weighted by Crippen LogP contribution is 2.25. The average Bonchev–Trinajstić information content (AvgIpc) is 3.11. The predicted octanol–water partition coefficient (Wildman–Crippen LogP) is 3.82. The van der Waals surface area contributed by atoms with Crippen molar-refractivity contribution in [3.8, 4) is 11.5 Å². The van der Waals surface area contributed by atoms with E-state index in [0.29, 0.717) is 29.3 Å². The number of fused-ring (bicyclic) bond motifs is 1. The molecule has 0 saturated heterocycles. The van der Waals surface area contributed by atoms with E-state index in [0.717, 1.165) is 9.86 Å². The molecule has 3 aromatic rings. The number of carboxylic acids is 1. The molecule has 1 aromatic heterocycles. The van der Waals surface area contributed by atoms with Crippen LogP contribution in [0.15, 0.2) is 56.5 Å². The van der Waals surface area contributed by atoms with Crippen molar-refractivity contribution in [2.24, 2.45) is 5.10 Å². The number of nitrogens with one attached hydrogen (secondary N) is 1. The van der Waals surface area contributed by atoms with Crippen LogP contribution in [0.25, 0.3) is 11.0 Å². The minimum atomic E-state index is -1.10. The Hall–Kier alpha value is -3.33. The summed E-state index contributed by atoms with van der Waals surface area (Å²) in [7, 11) is 0. The van der Waals surface area contributed by atoms with Crippen molar-refractivity contribution in [2.75, 3.05) is 13.2 Å². The predicted molar refractivity (Wildman–Crippen MR) is 110 cm³/mol. The zero-order valence-electron chi connectivity index (χ0n) is 15.3. The molecule has 150 valence electrons. The first-order valence-corrected chi connectivity index (χ1v) is 9.39. The third-order valence-corrected chi connectivity index (χ3v) is 4.21. The highest BCUT2D eigenvalue weighted by Gasteiger charge is 2.12. The maximum Gasteiger partial charge on any atom is 0.341 e. The number of rotatable bonds is 8. The van der Waals surface area contributed by atoms with Crippen LogP contribution in [0.3, 0.4) is 0 Å². The number of hydrogen-bond donors (Lipinski definition) is 2. The molecule has 29 heavy (non-hydrogen) atoms. The van der Waals surface area contributed by atoms with Crippen LogP contribution in [0.2, 0.25) is 0 Å². The first-order chi connectivity index (χ1) is 14.0. The summed E-state index contributed by atoms with van der Waals surface area (Å²) in [5.41, 5.74) is 3.43. The number of aliphatic carboxylic acids is 1. The van der Waals surface area contributed by atoms with Gasteiger partial charge in [-0.2, -0.15) is 5.10 Å². The number of hydrogen-bond acceptors (Lipinski definition) is 6. The highest BCUT2D eigenvalue weighted by atomic mass is 79.9. The Labute approximate surface area is 174 Å². The highest BCUT2D eigenvalue weighted by molar-refractivity contribution is 9.10. The van der Waals surface area contributed by atoms with Gasteiger partial charge in [0.15, 0.2) is 12.4 Å². The minimum absolute atomic E-state index is 0.0994. The van der Waals surface area contributed by atoms with Gasteiger partial charge in [-0.25, -0.2) is 10.2 Å². The van der Waals surface area contributed by atoms with Crippen molar-refractivity contribution in [3.63, 3.8) is 0 Å². The van der Waals surface area contributed by atoms with Gasteiger partial charge in [0, 0.05) is 15.4 Å². The molecule has 0 aliphatic carbocycles. The monoisotopic (exact) mass is 460 g/mol. The molecule has 0 fully saturated rings. The van der Waals surface area contributed by atoms with Crippen LogP contribution in [-0.2, 0) is 4.79 Å². The van der Waals surface area contributed by atoms with Gasteiger partial charge < -0.3 is 19.0 Å². The lowest BCUT2D eigenvalue weighted by Crippen LogP contribution is -2.17. The number of hydrazone groups is 1. The lowest BCUT2D eigenvalue weighted by Gasteiger charge is -2.07. The Morgan fingerprint density at radius 3 is 2.79 bits per heavy atom. The van der Waals surface area contributed by atoms with Gasteiger partial charge in [-0.05, 0) is 49.4 Å². The molecule has 0 radical (unpaired) electrons. The zero-order valence-corrected chi connectivity index (χ0v) is 16.9. The number of halogens is 1. The van der Waals surface area contributed by atoms with Crippen LogP contribution in [0, 0.1) is 0 Å². The average molecular weight is 461 g/mol. The van der Waals surface area contributed by atoms with Crippen molar-refractivity contribution in [2.45, 2.75) is 6.92 Å². The Kier molecular flexibility index (Phi) is 6.50. The second-order valence-electron chi connectivity index (χ2n) is 5.81. The molecule has 0 saturated carbocycles. The summed E-state index contributed by atoms with van der Waals surface area (Å²) in [6.45, 7) is 1.94. The van der Waals surface area contributed by atoms with Crippen LogP contribution in [0.1, 0.15) is 23.0 Å². The van der Waals surface area contributed by atoms with Crippen LogP contribution < -0.4 is 14.9 Å². The van der Waals surface area contributed by atoms with Crippen molar-refractivity contribution >= 4 is 45.0 Å². The van der Waals surface area contributed by atoms with Crippen LogP contribution in [0.5, 0.6) is 11.5 Å². The number of benzene rings is 2. The van der Waals surface area contributed by atoms with Crippen LogP contribution >= 0.6 is 15.9 Å². The Bertz CT molecular complexity index is 1080. The molecule has 1 amide bonds. The van der Waals surface area contributed by atoms with E-state index in [1.54, 1.807) is 42.5 Å². The topological polar surface area (TPSA) is 110 Å². The van der Waals surface area contributed by atoms with E-state index >= 15 is 0 Å². The molecule has 0 aliphatic heterocycles. The number of nitrogens with zero attached hydrogens (tertiary/aromatic N) is 1. The van der Waals surface area contributed by atoms with E-state index in [-0.39, 0.29) is 5.76 Å². The summed E-state index contributed by atoms with van der Waals surface area (Å²) in [6.07, 6.45) is 1.36. The largest absolute Gasteiger partial charge is 0.494 e. The smallest absolute Gasteiger partial charge is 0.341 e. The molecule has 2 aromatic carbocycles. The quantitative estimate of drug-likeness (QED) is 0.390. The summed E-state index contributed by atoms with van der Waals surface area (Å²) in [4.78, 5) is 23.0. The van der Waals surface area contributed by atoms with Crippen molar-refractivity contribution in [1.82, 2.24) is 5.43 Å². The van der Waals surface area contributed by atoms with Gasteiger partial charge in [-0.1, -0.05) is 15.9 Å². The normalized spacial score (nSPS) is 11.0. The van der Waals surface area contributed by atoms with Gasteiger partial charge >= 0.3 is 11.9 Å². The molecule has 0 spiro atoms. The van der Waals surface area contributed by atoms with Gasteiger partial charge in [0.05, 0.1) is 12.8 Å². The standard InChI is InChI=1S/C20H17BrN2O6/c1-2-27-15-4-6-17-12(8-15)9-18(29-17)20(26)23-22-10-13-7-14(21)3-5-16(13)28-11-19(24)25/h3-10H,2,11H2,1H3,(H,23,26)(H,24,25)/b22-10+. The second-order valence-corrected chi connectivity index (χ2v) is 6.72. The molecule has 9 heteroatoms. The van der Waals surface area contributed by atoms with E-state index in [9.17, 15) is 9.59 Å². The summed E-state index contributed by atoms with van der Waals surface area (Å²) < 4.78 is 16.9. The number of carboxylic acid groups (broad SMARTS) is 1. The first kappa shape index (κ1) is 20.4. The van der Waals surface area contributed by atoms with Gasteiger partial charge in [-0.3, -0.25) is 4.79 Å². The fraction of sp³-hybridized carbons (Fsp3) is 0.150. The Balaban J connectivity index is 1.71. The van der Waals surface area contributed by atoms with Crippen LogP contribution in [0.4, 0.5) is 0 Å². The Morgan fingerprint density at radius 1 is 1.21 bits per heavy atom. The van der Waals surface area contributed by atoms with E-state index in [1.165, 1.54) is 6.21 Å². The second kappa shape index (κ2) is 9.24. The number of furan rings is 1. The third-order valence-electron chi connectivity index (χ3n) is 3.72. The van der Waals surface area contributed by atoms with Crippen LogP contribution in [-0.4, -0.2) is 36.4 Å². The molecule has 0 unspecified atom stereocenters. The molecule has 0 aliphatic rings. The molecule has 2 N–H and O–H groups in total. The van der Waals surface area contributed by atoms with E-state index in [2.05, 4.69) is 26.5 Å². The molecular weight excluding hydrogens is 444 g/mol. The summed E-state index contributed by atoms with van der Waals surface area (Å²) >= 11 is 3.32. The molecular formula is C20H17BrN2O6. The van der Waals surface area contributed by atoms with E-state index < -0.39 is 18.5 Å². The molecule has 3 rings (SSSR count). The fourth-order valence-corrected chi connectivity index (χ4v) is 2.88. The summed E-state index contributed by atoms with van der Waals surface area (Å²) in [5, 5.41) is 13.4. The number of carbonyl (C=O) groups is 2.